The number of para-hydroxylation sites is 1. The Morgan fingerprint density at radius 3 is 2.43 bits per heavy atom. The number of aromatic nitrogens is 3. The van der Waals surface area contributed by atoms with Gasteiger partial charge in [-0.1, -0.05) is 41.4 Å². The van der Waals surface area contributed by atoms with E-state index in [1.807, 2.05) is 38.1 Å². The molecule has 0 spiro atoms. The van der Waals surface area contributed by atoms with E-state index in [-0.39, 0.29) is 27.2 Å². The molecule has 8 nitrogen and oxygen atoms in total. The van der Waals surface area contributed by atoms with E-state index in [2.05, 4.69) is 27.2 Å². The maximum atomic E-state index is 13.5. The molecule has 1 atom stereocenters. The van der Waals surface area contributed by atoms with Crippen LogP contribution < -0.4 is 25.7 Å². The van der Waals surface area contributed by atoms with Gasteiger partial charge in [0.15, 0.2) is 0 Å². The fourth-order valence-corrected chi connectivity index (χ4v) is 4.68. The number of ether oxygens (including phenoxy) is 2. The van der Waals surface area contributed by atoms with Gasteiger partial charge < -0.3 is 20.1 Å². The lowest BCUT2D eigenvalue weighted by molar-refractivity contribution is 0.395. The zero-order chi connectivity index (χ0) is 26.9. The predicted octanol–water partition coefficient (Wildman–Crippen LogP) is 6.36. The van der Waals surface area contributed by atoms with Gasteiger partial charge in [-0.2, -0.15) is 4.98 Å². The van der Waals surface area contributed by atoms with Gasteiger partial charge in [0.2, 0.25) is 5.95 Å². The van der Waals surface area contributed by atoms with E-state index in [0.717, 1.165) is 16.9 Å². The number of hydrogen-bond donors (Lipinski definition) is 2. The first-order valence-electron chi connectivity index (χ1n) is 11.4. The minimum atomic E-state index is -0.339. The molecule has 2 heterocycles. The van der Waals surface area contributed by atoms with Crippen molar-refractivity contribution in [1.82, 2.24) is 14.5 Å². The molecule has 1 unspecified atom stereocenters. The highest BCUT2D eigenvalue weighted by Gasteiger charge is 2.22. The van der Waals surface area contributed by atoms with Crippen molar-refractivity contribution in [3.63, 3.8) is 0 Å². The number of nitrogens with one attached hydrogen (secondary N) is 2. The molecular formula is C27H27Cl2N5O3. The van der Waals surface area contributed by atoms with E-state index in [1.165, 1.54) is 18.8 Å². The van der Waals surface area contributed by atoms with Crippen molar-refractivity contribution in [1.29, 1.82) is 0 Å². The molecule has 4 aromatic rings. The van der Waals surface area contributed by atoms with E-state index >= 15 is 0 Å². The van der Waals surface area contributed by atoms with Crippen LogP contribution in [0.25, 0.3) is 22.2 Å². The van der Waals surface area contributed by atoms with E-state index in [0.29, 0.717) is 34.0 Å². The number of nitrogens with zero attached hydrogens (tertiary/aromatic N) is 3. The van der Waals surface area contributed by atoms with Gasteiger partial charge in [-0.15, -0.1) is 6.58 Å². The second kappa shape index (κ2) is 10.7. The summed E-state index contributed by atoms with van der Waals surface area (Å²) in [5.74, 6) is 1.02. The summed E-state index contributed by atoms with van der Waals surface area (Å²) in [6.07, 6.45) is 3.47. The molecule has 10 heteroatoms. The standard InChI is InChI=1S/C27H27Cl2N5O3/c1-7-15(3)31-18-10-8-9-14(2)24(18)32-27-30-13-16-11-17(26(35)34(4)25(16)33-27)21-22(28)19(36-5)12-20(37-6)23(21)29/h7-13,15,31H,1H2,2-6H3,(H,30,32,33). The summed E-state index contributed by atoms with van der Waals surface area (Å²) >= 11 is 13.2. The monoisotopic (exact) mass is 539 g/mol. The van der Waals surface area contributed by atoms with Crippen LogP contribution in [0.3, 0.4) is 0 Å². The van der Waals surface area contributed by atoms with Gasteiger partial charge in [-0.25, -0.2) is 4.98 Å². The van der Waals surface area contributed by atoms with Crippen LogP contribution in [0.5, 0.6) is 11.5 Å². The van der Waals surface area contributed by atoms with Crippen molar-refractivity contribution in [2.24, 2.45) is 7.05 Å². The number of benzene rings is 2. The number of pyridine rings is 1. The average Bonchev–Trinajstić information content (AvgIpc) is 2.89. The molecule has 0 aliphatic heterocycles. The summed E-state index contributed by atoms with van der Waals surface area (Å²) in [6, 6.07) is 9.23. The molecule has 0 radical (unpaired) electrons. The smallest absolute Gasteiger partial charge is 0.259 e. The van der Waals surface area contributed by atoms with Crippen LogP contribution >= 0.6 is 23.2 Å². The van der Waals surface area contributed by atoms with E-state index in [9.17, 15) is 4.79 Å². The molecule has 2 aromatic carbocycles. The van der Waals surface area contributed by atoms with E-state index in [4.69, 9.17) is 32.7 Å². The van der Waals surface area contributed by atoms with Crippen molar-refractivity contribution < 1.29 is 9.47 Å². The first kappa shape index (κ1) is 26.3. The number of fused-ring (bicyclic) bond motifs is 1. The maximum Gasteiger partial charge on any atom is 0.259 e. The van der Waals surface area contributed by atoms with Crippen LogP contribution in [-0.2, 0) is 7.05 Å². The van der Waals surface area contributed by atoms with Crippen molar-refractivity contribution in [2.45, 2.75) is 19.9 Å². The van der Waals surface area contributed by atoms with Crippen LogP contribution in [0.4, 0.5) is 17.3 Å². The third-order valence-corrected chi connectivity index (χ3v) is 6.79. The second-order valence-electron chi connectivity index (χ2n) is 8.47. The van der Waals surface area contributed by atoms with E-state index in [1.54, 1.807) is 25.4 Å². The van der Waals surface area contributed by atoms with E-state index < -0.39 is 0 Å². The van der Waals surface area contributed by atoms with Crippen LogP contribution in [0, 0.1) is 6.92 Å². The number of methoxy groups -OCH3 is 2. The summed E-state index contributed by atoms with van der Waals surface area (Å²) < 4.78 is 12.2. The number of hydrogen-bond acceptors (Lipinski definition) is 7. The Kier molecular flexibility index (Phi) is 7.61. The van der Waals surface area contributed by atoms with Crippen LogP contribution in [0.1, 0.15) is 12.5 Å². The summed E-state index contributed by atoms with van der Waals surface area (Å²) in [6.45, 7) is 7.83. The first-order valence-corrected chi connectivity index (χ1v) is 12.2. The minimum absolute atomic E-state index is 0.0630. The molecular weight excluding hydrogens is 513 g/mol. The normalized spacial score (nSPS) is 11.8. The highest BCUT2D eigenvalue weighted by molar-refractivity contribution is 6.41. The lowest BCUT2D eigenvalue weighted by Gasteiger charge is -2.18. The Labute approximate surface area is 224 Å². The summed E-state index contributed by atoms with van der Waals surface area (Å²) in [7, 11) is 4.59. The van der Waals surface area contributed by atoms with Crippen LogP contribution in [-0.4, -0.2) is 34.8 Å². The van der Waals surface area contributed by atoms with Gasteiger partial charge in [0.05, 0.1) is 41.2 Å². The zero-order valence-electron chi connectivity index (χ0n) is 21.1. The molecule has 192 valence electrons. The Morgan fingerprint density at radius 1 is 1.14 bits per heavy atom. The summed E-state index contributed by atoms with van der Waals surface area (Å²) in [4.78, 5) is 22.6. The predicted molar refractivity (Wildman–Crippen MR) is 151 cm³/mol. The Morgan fingerprint density at radius 2 is 1.81 bits per heavy atom. The maximum absolute atomic E-state index is 13.5. The highest BCUT2D eigenvalue weighted by Crippen LogP contribution is 2.45. The fraction of sp³-hybridized carbons (Fsp3) is 0.222. The highest BCUT2D eigenvalue weighted by atomic mass is 35.5. The third kappa shape index (κ3) is 4.95. The van der Waals surface area contributed by atoms with Gasteiger partial charge in [-0.3, -0.25) is 9.36 Å². The molecule has 0 saturated heterocycles. The Hall–Kier alpha value is -3.75. The Balaban J connectivity index is 1.83. The molecule has 0 aliphatic carbocycles. The largest absolute Gasteiger partial charge is 0.495 e. The summed E-state index contributed by atoms with van der Waals surface area (Å²) in [5, 5.41) is 7.73. The van der Waals surface area contributed by atoms with Crippen LogP contribution in [0.2, 0.25) is 10.0 Å². The van der Waals surface area contributed by atoms with Crippen molar-refractivity contribution in [3.8, 4) is 22.6 Å². The van der Waals surface area contributed by atoms with Gasteiger partial charge in [0, 0.05) is 36.3 Å². The molecule has 0 fully saturated rings. The lowest BCUT2D eigenvalue weighted by atomic mass is 10.0. The minimum Gasteiger partial charge on any atom is -0.495 e. The van der Waals surface area contributed by atoms with Crippen LogP contribution in [0.15, 0.2) is 54.0 Å². The van der Waals surface area contributed by atoms with Gasteiger partial charge in [-0.05, 0) is 31.5 Å². The lowest BCUT2D eigenvalue weighted by Crippen LogP contribution is -2.20. The van der Waals surface area contributed by atoms with Gasteiger partial charge in [0.25, 0.3) is 5.56 Å². The number of anilines is 3. The van der Waals surface area contributed by atoms with Gasteiger partial charge >= 0.3 is 0 Å². The first-order chi connectivity index (χ1) is 17.7. The quantitative estimate of drug-likeness (QED) is 0.252. The topological polar surface area (TPSA) is 90.3 Å². The molecule has 0 bridgehead atoms. The van der Waals surface area contributed by atoms with Gasteiger partial charge in [0.1, 0.15) is 17.1 Å². The SMILES string of the molecule is C=CC(C)Nc1cccc(C)c1Nc1ncc2cc(-c3c(Cl)c(OC)cc(OC)c3Cl)c(=O)n(C)c2n1. The van der Waals surface area contributed by atoms with Crippen molar-refractivity contribution in [3.05, 3.63) is 75.1 Å². The molecule has 0 aliphatic rings. The Bertz CT molecular complexity index is 1540. The fourth-order valence-electron chi connectivity index (χ4n) is 3.98. The average molecular weight is 540 g/mol. The second-order valence-corrected chi connectivity index (χ2v) is 9.23. The molecule has 37 heavy (non-hydrogen) atoms. The third-order valence-electron chi connectivity index (χ3n) is 6.04. The van der Waals surface area contributed by atoms with Crippen molar-refractivity contribution >= 4 is 51.6 Å². The molecule has 4 rings (SSSR count). The molecule has 2 aromatic heterocycles. The zero-order valence-corrected chi connectivity index (χ0v) is 22.7. The number of rotatable bonds is 8. The van der Waals surface area contributed by atoms with Crippen molar-refractivity contribution in [2.75, 3.05) is 24.9 Å². The number of aryl methyl sites for hydroxylation is 2. The number of halogens is 2. The molecule has 0 amide bonds. The molecule has 2 N–H and O–H groups in total. The molecule has 0 saturated carbocycles. The summed E-state index contributed by atoms with van der Waals surface area (Å²) in [5.41, 5.74) is 3.41.